The van der Waals surface area contributed by atoms with Crippen LogP contribution in [0.4, 0.5) is 0 Å². The van der Waals surface area contributed by atoms with Crippen molar-refractivity contribution in [3.8, 4) is 11.3 Å². The Morgan fingerprint density at radius 3 is 2.83 bits per heavy atom. The van der Waals surface area contributed by atoms with Crippen molar-refractivity contribution in [1.29, 1.82) is 0 Å². The zero-order valence-corrected chi connectivity index (χ0v) is 13.7. The number of aromatic nitrogens is 2. The summed E-state index contributed by atoms with van der Waals surface area (Å²) < 4.78 is 6.16. The van der Waals surface area contributed by atoms with E-state index in [0.29, 0.717) is 5.71 Å². The molecule has 3 heteroatoms. The molecule has 4 aromatic rings. The Morgan fingerprint density at radius 2 is 1.88 bits per heavy atom. The summed E-state index contributed by atoms with van der Waals surface area (Å²) in [5.74, 6) is 0. The van der Waals surface area contributed by atoms with Crippen LogP contribution < -0.4 is 0 Å². The van der Waals surface area contributed by atoms with E-state index in [4.69, 9.17) is 9.40 Å². The van der Waals surface area contributed by atoms with Crippen molar-refractivity contribution < 1.29 is 4.42 Å². The largest absolute Gasteiger partial charge is 0.437 e. The first-order chi connectivity index (χ1) is 11.8. The van der Waals surface area contributed by atoms with Crippen LogP contribution in [0.5, 0.6) is 0 Å². The van der Waals surface area contributed by atoms with Crippen LogP contribution in [-0.4, -0.2) is 9.97 Å². The summed E-state index contributed by atoms with van der Waals surface area (Å²) in [6, 6.07) is 12.6. The summed E-state index contributed by atoms with van der Waals surface area (Å²) in [5, 5.41) is 2.19. The van der Waals surface area contributed by atoms with E-state index in [0.717, 1.165) is 46.1 Å². The van der Waals surface area contributed by atoms with Gasteiger partial charge in [0.2, 0.25) is 5.71 Å². The molecule has 0 spiro atoms. The summed E-state index contributed by atoms with van der Waals surface area (Å²) in [5.41, 5.74) is 7.57. The third kappa shape index (κ3) is 1.97. The Bertz CT molecular complexity index is 1080. The molecule has 3 aromatic heterocycles. The molecule has 3 heterocycles. The van der Waals surface area contributed by atoms with Crippen LogP contribution in [0.1, 0.15) is 29.7 Å². The maximum absolute atomic E-state index is 6.16. The lowest BCUT2D eigenvalue weighted by atomic mass is 9.89. The number of hydrogen-bond donors (Lipinski definition) is 0. The minimum absolute atomic E-state index is 0.710. The zero-order valence-electron chi connectivity index (χ0n) is 13.7. The predicted octanol–water partition coefficient (Wildman–Crippen LogP) is 5.23. The van der Waals surface area contributed by atoms with Gasteiger partial charge in [0.05, 0.1) is 5.69 Å². The Kier molecular flexibility index (Phi) is 2.96. The number of rotatable bonds is 1. The standard InChI is InChI=1S/C21H18N2O/c1-13-9-10-17-16-7-4-8-18(20(16)24-21(17)23-13)19-15-6-3-2-5-14(15)11-12-22-19/h4,7-12H,2-3,5-6H2,1H3. The highest BCUT2D eigenvalue weighted by Gasteiger charge is 2.19. The van der Waals surface area contributed by atoms with Gasteiger partial charge in [0, 0.05) is 28.2 Å². The summed E-state index contributed by atoms with van der Waals surface area (Å²) >= 11 is 0. The first-order valence-corrected chi connectivity index (χ1v) is 8.57. The van der Waals surface area contributed by atoms with Crippen molar-refractivity contribution in [2.24, 2.45) is 0 Å². The highest BCUT2D eigenvalue weighted by atomic mass is 16.3. The van der Waals surface area contributed by atoms with Gasteiger partial charge in [-0.3, -0.25) is 4.98 Å². The average molecular weight is 314 g/mol. The SMILES string of the molecule is Cc1ccc2c(n1)oc1c(-c3nccc4c3CCCC4)cccc12. The van der Waals surface area contributed by atoms with Crippen LogP contribution in [0.2, 0.25) is 0 Å². The van der Waals surface area contributed by atoms with Gasteiger partial charge in [-0.25, -0.2) is 4.98 Å². The summed E-state index contributed by atoms with van der Waals surface area (Å²) in [6.07, 6.45) is 6.70. The second-order valence-corrected chi connectivity index (χ2v) is 6.59. The third-order valence-corrected chi connectivity index (χ3v) is 5.03. The lowest BCUT2D eigenvalue weighted by molar-refractivity contribution is 0.652. The molecular weight excluding hydrogens is 296 g/mol. The molecule has 118 valence electrons. The van der Waals surface area contributed by atoms with E-state index >= 15 is 0 Å². The molecule has 1 aliphatic rings. The molecule has 0 fully saturated rings. The Balaban J connectivity index is 1.83. The van der Waals surface area contributed by atoms with Crippen LogP contribution in [0.15, 0.2) is 47.0 Å². The Labute approximate surface area is 140 Å². The highest BCUT2D eigenvalue weighted by Crippen LogP contribution is 2.37. The fourth-order valence-corrected chi connectivity index (χ4v) is 3.85. The molecule has 0 radical (unpaired) electrons. The quantitative estimate of drug-likeness (QED) is 0.483. The van der Waals surface area contributed by atoms with Gasteiger partial charge >= 0.3 is 0 Å². The maximum Gasteiger partial charge on any atom is 0.227 e. The van der Waals surface area contributed by atoms with Crippen molar-refractivity contribution in [3.05, 3.63) is 59.4 Å². The topological polar surface area (TPSA) is 38.9 Å². The number of aryl methyl sites for hydroxylation is 2. The predicted molar refractivity (Wildman–Crippen MR) is 96.1 cm³/mol. The van der Waals surface area contributed by atoms with Gasteiger partial charge in [-0.1, -0.05) is 12.1 Å². The first-order valence-electron chi connectivity index (χ1n) is 8.57. The van der Waals surface area contributed by atoms with Gasteiger partial charge < -0.3 is 4.42 Å². The zero-order chi connectivity index (χ0) is 16.1. The average Bonchev–Trinajstić information content (AvgIpc) is 2.98. The molecule has 0 saturated carbocycles. The monoisotopic (exact) mass is 314 g/mol. The van der Waals surface area contributed by atoms with Crippen LogP contribution in [0.3, 0.4) is 0 Å². The molecule has 5 rings (SSSR count). The minimum atomic E-state index is 0.710. The number of nitrogens with zero attached hydrogens (tertiary/aromatic N) is 2. The molecule has 0 N–H and O–H groups in total. The van der Waals surface area contributed by atoms with Crippen LogP contribution in [-0.2, 0) is 12.8 Å². The van der Waals surface area contributed by atoms with Crippen molar-refractivity contribution in [1.82, 2.24) is 9.97 Å². The van der Waals surface area contributed by atoms with E-state index < -0.39 is 0 Å². The lowest BCUT2D eigenvalue weighted by Gasteiger charge is -2.18. The van der Waals surface area contributed by atoms with Gasteiger partial charge in [0.1, 0.15) is 5.58 Å². The summed E-state index contributed by atoms with van der Waals surface area (Å²) in [7, 11) is 0. The molecular formula is C21H18N2O. The van der Waals surface area contributed by atoms with Gasteiger partial charge in [-0.2, -0.15) is 0 Å². The van der Waals surface area contributed by atoms with Crippen molar-refractivity contribution in [2.45, 2.75) is 32.6 Å². The molecule has 0 unspecified atom stereocenters. The van der Waals surface area contributed by atoms with Gasteiger partial charge in [-0.05, 0) is 68.0 Å². The number of pyridine rings is 2. The Hall–Kier alpha value is -2.68. The molecule has 0 bridgehead atoms. The molecule has 24 heavy (non-hydrogen) atoms. The van der Waals surface area contributed by atoms with Gasteiger partial charge in [-0.15, -0.1) is 0 Å². The molecule has 0 saturated heterocycles. The van der Waals surface area contributed by atoms with E-state index in [1.54, 1.807) is 0 Å². The molecule has 0 amide bonds. The normalized spacial score (nSPS) is 14.2. The summed E-state index contributed by atoms with van der Waals surface area (Å²) in [4.78, 5) is 9.27. The number of furan rings is 1. The lowest BCUT2D eigenvalue weighted by Crippen LogP contribution is -2.05. The van der Waals surface area contributed by atoms with Crippen molar-refractivity contribution in [3.63, 3.8) is 0 Å². The smallest absolute Gasteiger partial charge is 0.227 e. The van der Waals surface area contributed by atoms with E-state index in [-0.39, 0.29) is 0 Å². The maximum atomic E-state index is 6.16. The van der Waals surface area contributed by atoms with E-state index in [1.165, 1.54) is 24.0 Å². The Morgan fingerprint density at radius 1 is 0.958 bits per heavy atom. The second kappa shape index (κ2) is 5.17. The minimum Gasteiger partial charge on any atom is -0.437 e. The second-order valence-electron chi connectivity index (χ2n) is 6.59. The molecule has 1 aliphatic carbocycles. The van der Waals surface area contributed by atoms with Gasteiger partial charge in [0.15, 0.2) is 0 Å². The van der Waals surface area contributed by atoms with Crippen LogP contribution in [0, 0.1) is 6.92 Å². The summed E-state index contributed by atoms with van der Waals surface area (Å²) in [6.45, 7) is 1.99. The highest BCUT2D eigenvalue weighted by molar-refractivity contribution is 6.08. The van der Waals surface area contributed by atoms with E-state index in [1.807, 2.05) is 19.2 Å². The van der Waals surface area contributed by atoms with Gasteiger partial charge in [0.25, 0.3) is 0 Å². The van der Waals surface area contributed by atoms with Crippen molar-refractivity contribution in [2.75, 3.05) is 0 Å². The van der Waals surface area contributed by atoms with Crippen LogP contribution in [0.25, 0.3) is 33.3 Å². The molecule has 3 nitrogen and oxygen atoms in total. The number of para-hydroxylation sites is 1. The van der Waals surface area contributed by atoms with Crippen molar-refractivity contribution >= 4 is 22.1 Å². The molecule has 0 atom stereocenters. The first kappa shape index (κ1) is 13.7. The number of hydrogen-bond acceptors (Lipinski definition) is 3. The fraction of sp³-hybridized carbons (Fsp3) is 0.238. The van der Waals surface area contributed by atoms with E-state index in [9.17, 15) is 0 Å². The number of fused-ring (bicyclic) bond motifs is 4. The number of benzene rings is 1. The van der Waals surface area contributed by atoms with E-state index in [2.05, 4.69) is 35.3 Å². The fourth-order valence-electron chi connectivity index (χ4n) is 3.85. The molecule has 0 aliphatic heterocycles. The molecule has 1 aromatic carbocycles. The van der Waals surface area contributed by atoms with Crippen LogP contribution >= 0.6 is 0 Å². The third-order valence-electron chi connectivity index (χ3n) is 5.03.